The molecule has 3 rings (SSSR count). The van der Waals surface area contributed by atoms with Crippen LogP contribution >= 0.6 is 0 Å². The van der Waals surface area contributed by atoms with Crippen molar-refractivity contribution in [3.8, 4) is 5.75 Å². The van der Waals surface area contributed by atoms with Crippen LogP contribution in [0.2, 0.25) is 0 Å². The molecule has 1 saturated carbocycles. The summed E-state index contributed by atoms with van der Waals surface area (Å²) >= 11 is 0. The largest absolute Gasteiger partial charge is 0.494 e. The van der Waals surface area contributed by atoms with E-state index < -0.39 is 5.41 Å². The number of anilines is 1. The van der Waals surface area contributed by atoms with Gasteiger partial charge in [0.25, 0.3) is 0 Å². The van der Waals surface area contributed by atoms with Gasteiger partial charge in [0.05, 0.1) is 12.0 Å². The molecule has 1 fully saturated rings. The molecule has 1 aliphatic rings. The highest BCUT2D eigenvalue weighted by molar-refractivity contribution is 5.99. The van der Waals surface area contributed by atoms with Crippen LogP contribution in [0.15, 0.2) is 48.5 Å². The summed E-state index contributed by atoms with van der Waals surface area (Å²) in [7, 11) is 0. The van der Waals surface area contributed by atoms with E-state index in [0.717, 1.165) is 68.7 Å². The van der Waals surface area contributed by atoms with Gasteiger partial charge < -0.3 is 15.0 Å². The minimum atomic E-state index is -0.411. The number of benzene rings is 2. The number of ether oxygens (including phenoxy) is 1. The second-order valence-electron chi connectivity index (χ2n) is 8.37. The molecule has 0 heterocycles. The van der Waals surface area contributed by atoms with Gasteiger partial charge >= 0.3 is 0 Å². The lowest BCUT2D eigenvalue weighted by Gasteiger charge is -2.28. The molecule has 30 heavy (non-hydrogen) atoms. The Labute approximate surface area is 181 Å². The van der Waals surface area contributed by atoms with E-state index in [4.69, 9.17) is 4.74 Å². The van der Waals surface area contributed by atoms with Crippen molar-refractivity contribution in [2.75, 3.05) is 31.6 Å². The van der Waals surface area contributed by atoms with Crippen molar-refractivity contribution in [2.45, 2.75) is 58.3 Å². The molecule has 1 N–H and O–H groups in total. The van der Waals surface area contributed by atoms with Crippen LogP contribution in [0.25, 0.3) is 0 Å². The fourth-order valence-corrected chi connectivity index (χ4v) is 4.47. The molecule has 0 aromatic heterocycles. The van der Waals surface area contributed by atoms with Crippen molar-refractivity contribution in [1.82, 2.24) is 4.90 Å². The summed E-state index contributed by atoms with van der Waals surface area (Å²) in [4.78, 5) is 15.7. The molecule has 162 valence electrons. The molecule has 0 spiro atoms. The third kappa shape index (κ3) is 5.42. The molecular formula is C26H36N2O2. The fourth-order valence-electron chi connectivity index (χ4n) is 4.47. The van der Waals surface area contributed by atoms with E-state index in [0.29, 0.717) is 6.61 Å². The van der Waals surface area contributed by atoms with Crippen molar-refractivity contribution >= 4 is 11.6 Å². The number of amides is 1. The minimum Gasteiger partial charge on any atom is -0.494 e. The first kappa shape index (κ1) is 22.4. The Kier molecular flexibility index (Phi) is 7.92. The zero-order valence-electron chi connectivity index (χ0n) is 18.7. The summed E-state index contributed by atoms with van der Waals surface area (Å²) in [5, 5.41) is 3.17. The van der Waals surface area contributed by atoms with Gasteiger partial charge in [-0.1, -0.05) is 56.5 Å². The van der Waals surface area contributed by atoms with Gasteiger partial charge in [-0.15, -0.1) is 0 Å². The van der Waals surface area contributed by atoms with Gasteiger partial charge in [0, 0.05) is 12.2 Å². The normalized spacial score (nSPS) is 15.3. The van der Waals surface area contributed by atoms with Crippen molar-refractivity contribution in [1.29, 1.82) is 0 Å². The molecule has 2 aromatic carbocycles. The maximum absolute atomic E-state index is 13.3. The lowest BCUT2D eigenvalue weighted by molar-refractivity contribution is -0.121. The number of rotatable bonds is 10. The number of carbonyl (C=O) groups is 1. The second kappa shape index (κ2) is 10.6. The summed E-state index contributed by atoms with van der Waals surface area (Å²) < 4.78 is 5.87. The molecular weight excluding hydrogens is 372 g/mol. The Morgan fingerprint density at radius 2 is 1.77 bits per heavy atom. The third-order valence-electron chi connectivity index (χ3n) is 6.36. The van der Waals surface area contributed by atoms with E-state index in [1.165, 1.54) is 5.56 Å². The average Bonchev–Trinajstić information content (AvgIpc) is 3.26. The topological polar surface area (TPSA) is 41.6 Å². The first-order chi connectivity index (χ1) is 14.6. The molecule has 0 bridgehead atoms. The molecule has 0 radical (unpaired) electrons. The molecule has 0 unspecified atom stereocenters. The molecule has 2 aromatic rings. The van der Waals surface area contributed by atoms with Crippen molar-refractivity contribution in [2.24, 2.45) is 0 Å². The molecule has 1 aliphatic carbocycles. The van der Waals surface area contributed by atoms with E-state index in [9.17, 15) is 4.79 Å². The summed E-state index contributed by atoms with van der Waals surface area (Å²) in [5.41, 5.74) is 2.76. The number of nitrogens with one attached hydrogen (secondary N) is 1. The van der Waals surface area contributed by atoms with Crippen LogP contribution in [0.3, 0.4) is 0 Å². The van der Waals surface area contributed by atoms with Gasteiger partial charge in [-0.05, 0) is 69.1 Å². The zero-order chi connectivity index (χ0) is 21.4. The highest BCUT2D eigenvalue weighted by atomic mass is 16.5. The van der Waals surface area contributed by atoms with Crippen LogP contribution in [0.4, 0.5) is 5.69 Å². The maximum atomic E-state index is 13.3. The molecule has 0 aliphatic heterocycles. The number of hydrogen-bond acceptors (Lipinski definition) is 3. The Morgan fingerprint density at radius 3 is 2.40 bits per heavy atom. The summed E-state index contributed by atoms with van der Waals surface area (Å²) in [6, 6.07) is 16.2. The van der Waals surface area contributed by atoms with Gasteiger partial charge in [0.2, 0.25) is 5.91 Å². The van der Waals surface area contributed by atoms with E-state index in [2.05, 4.69) is 55.3 Å². The van der Waals surface area contributed by atoms with Crippen molar-refractivity contribution < 1.29 is 9.53 Å². The van der Waals surface area contributed by atoms with E-state index >= 15 is 0 Å². The maximum Gasteiger partial charge on any atom is 0.235 e. The third-order valence-corrected chi connectivity index (χ3v) is 6.36. The fraction of sp³-hybridized carbons (Fsp3) is 0.500. The number of hydrogen-bond donors (Lipinski definition) is 1. The predicted molar refractivity (Wildman–Crippen MR) is 124 cm³/mol. The van der Waals surface area contributed by atoms with Gasteiger partial charge in [0.15, 0.2) is 0 Å². The Balaban J connectivity index is 1.58. The van der Waals surface area contributed by atoms with Gasteiger partial charge in [-0.2, -0.15) is 0 Å². The van der Waals surface area contributed by atoms with E-state index in [-0.39, 0.29) is 5.91 Å². The highest BCUT2D eigenvalue weighted by Crippen LogP contribution is 2.42. The molecule has 0 atom stereocenters. The zero-order valence-corrected chi connectivity index (χ0v) is 18.7. The molecule has 0 saturated heterocycles. The first-order valence-corrected chi connectivity index (χ1v) is 11.4. The Bertz CT molecular complexity index is 806. The van der Waals surface area contributed by atoms with Crippen LogP contribution in [0, 0.1) is 6.92 Å². The van der Waals surface area contributed by atoms with Crippen molar-refractivity contribution in [3.05, 3.63) is 59.7 Å². The number of carbonyl (C=O) groups excluding carboxylic acids is 1. The van der Waals surface area contributed by atoms with Crippen LogP contribution in [-0.2, 0) is 10.2 Å². The number of nitrogens with zero attached hydrogens (tertiary/aromatic N) is 1. The van der Waals surface area contributed by atoms with Crippen LogP contribution in [-0.4, -0.2) is 37.0 Å². The smallest absolute Gasteiger partial charge is 0.235 e. The second-order valence-corrected chi connectivity index (χ2v) is 8.37. The van der Waals surface area contributed by atoms with Gasteiger partial charge in [-0.3, -0.25) is 4.79 Å². The molecule has 4 nitrogen and oxygen atoms in total. The lowest BCUT2D eigenvalue weighted by atomic mass is 9.77. The SMILES string of the molecule is CCN(CC)CCCOc1ccc(NC(=O)C2(c3cccc(C)c3)CCCC2)cc1. The van der Waals surface area contributed by atoms with Gasteiger partial charge in [0.1, 0.15) is 5.75 Å². The Hall–Kier alpha value is -2.33. The molecule has 4 heteroatoms. The standard InChI is InChI=1S/C26H36N2O2/c1-4-28(5-2)18-9-19-30-24-14-12-23(13-15-24)27-25(29)26(16-6-7-17-26)22-11-8-10-21(3)20-22/h8,10-15,20H,4-7,9,16-19H2,1-3H3,(H,27,29). The Morgan fingerprint density at radius 1 is 1.07 bits per heavy atom. The van der Waals surface area contributed by atoms with Crippen LogP contribution in [0.1, 0.15) is 57.1 Å². The van der Waals surface area contributed by atoms with Crippen molar-refractivity contribution in [3.63, 3.8) is 0 Å². The first-order valence-electron chi connectivity index (χ1n) is 11.4. The monoisotopic (exact) mass is 408 g/mol. The van der Waals surface area contributed by atoms with E-state index in [1.807, 2.05) is 24.3 Å². The van der Waals surface area contributed by atoms with Gasteiger partial charge in [-0.25, -0.2) is 0 Å². The molecule has 1 amide bonds. The average molecular weight is 409 g/mol. The van der Waals surface area contributed by atoms with Crippen LogP contribution in [0.5, 0.6) is 5.75 Å². The summed E-state index contributed by atoms with van der Waals surface area (Å²) in [6.45, 7) is 10.4. The summed E-state index contributed by atoms with van der Waals surface area (Å²) in [5.74, 6) is 0.959. The lowest BCUT2D eigenvalue weighted by Crippen LogP contribution is -2.38. The number of aryl methyl sites for hydroxylation is 1. The predicted octanol–water partition coefficient (Wildman–Crippen LogP) is 5.56. The summed E-state index contributed by atoms with van der Waals surface area (Å²) in [6.07, 6.45) is 5.04. The minimum absolute atomic E-state index is 0.110. The highest BCUT2D eigenvalue weighted by Gasteiger charge is 2.42. The van der Waals surface area contributed by atoms with E-state index in [1.54, 1.807) is 0 Å². The van der Waals surface area contributed by atoms with Crippen LogP contribution < -0.4 is 10.1 Å². The quantitative estimate of drug-likeness (QED) is 0.524.